The molecule has 0 atom stereocenters. The van der Waals surface area contributed by atoms with Crippen molar-refractivity contribution < 1.29 is 14.8 Å². The first-order valence-corrected chi connectivity index (χ1v) is 5.36. The Morgan fingerprint density at radius 1 is 1.50 bits per heavy atom. The number of nitrogens with zero attached hydrogens (tertiary/aromatic N) is 4. The SMILES string of the molecule is O=C(O)c1cnc(-n2cc(Br)cn2)c([N+](=O)[O-])c1. The Kier molecular flexibility index (Phi) is 3.06. The second-order valence-corrected chi connectivity index (χ2v) is 4.15. The Bertz CT molecular complexity index is 639. The summed E-state index contributed by atoms with van der Waals surface area (Å²) in [7, 11) is 0. The molecule has 2 rings (SSSR count). The van der Waals surface area contributed by atoms with Crippen LogP contribution in [0.1, 0.15) is 10.4 Å². The number of rotatable bonds is 3. The topological polar surface area (TPSA) is 111 Å². The fraction of sp³-hybridized carbons (Fsp3) is 0. The number of pyridine rings is 1. The van der Waals surface area contributed by atoms with E-state index >= 15 is 0 Å². The zero-order chi connectivity index (χ0) is 13.3. The van der Waals surface area contributed by atoms with E-state index in [9.17, 15) is 14.9 Å². The van der Waals surface area contributed by atoms with Gasteiger partial charge in [-0.05, 0) is 15.9 Å². The molecule has 0 aromatic carbocycles. The van der Waals surface area contributed by atoms with E-state index in [0.717, 1.165) is 12.3 Å². The lowest BCUT2D eigenvalue weighted by Crippen LogP contribution is -2.06. The first kappa shape index (κ1) is 12.2. The molecule has 8 nitrogen and oxygen atoms in total. The van der Waals surface area contributed by atoms with Gasteiger partial charge in [0.05, 0.1) is 21.2 Å². The van der Waals surface area contributed by atoms with Crippen molar-refractivity contribution in [1.82, 2.24) is 14.8 Å². The quantitative estimate of drug-likeness (QED) is 0.681. The molecule has 9 heteroatoms. The molecule has 0 aliphatic rings. The van der Waals surface area contributed by atoms with E-state index in [1.165, 1.54) is 17.1 Å². The van der Waals surface area contributed by atoms with Gasteiger partial charge in [-0.2, -0.15) is 5.10 Å². The van der Waals surface area contributed by atoms with Gasteiger partial charge in [0, 0.05) is 18.5 Å². The Labute approximate surface area is 108 Å². The monoisotopic (exact) mass is 312 g/mol. The van der Waals surface area contributed by atoms with Gasteiger partial charge in [0.25, 0.3) is 0 Å². The fourth-order valence-electron chi connectivity index (χ4n) is 1.29. The molecule has 0 radical (unpaired) electrons. The van der Waals surface area contributed by atoms with Crippen LogP contribution in [0.5, 0.6) is 0 Å². The highest BCUT2D eigenvalue weighted by Crippen LogP contribution is 2.22. The molecule has 2 aromatic rings. The number of hydrogen-bond donors (Lipinski definition) is 1. The van der Waals surface area contributed by atoms with Crippen LogP contribution in [0.4, 0.5) is 5.69 Å². The van der Waals surface area contributed by atoms with E-state index in [4.69, 9.17) is 5.11 Å². The molecule has 2 heterocycles. The van der Waals surface area contributed by atoms with Crippen LogP contribution in [0, 0.1) is 10.1 Å². The first-order valence-electron chi connectivity index (χ1n) is 4.57. The van der Waals surface area contributed by atoms with Crippen molar-refractivity contribution in [2.24, 2.45) is 0 Å². The Morgan fingerprint density at radius 3 is 2.72 bits per heavy atom. The lowest BCUT2D eigenvalue weighted by atomic mass is 10.2. The molecule has 0 bridgehead atoms. The van der Waals surface area contributed by atoms with Crippen molar-refractivity contribution in [1.29, 1.82) is 0 Å². The standard InChI is InChI=1S/C9H5BrN4O4/c10-6-3-12-13(4-6)8-7(14(17)18)1-5(2-11-8)9(15)16/h1-4H,(H,15,16). The van der Waals surface area contributed by atoms with Crippen molar-refractivity contribution in [3.8, 4) is 5.82 Å². The molecule has 0 unspecified atom stereocenters. The summed E-state index contributed by atoms with van der Waals surface area (Å²) in [5.74, 6) is -1.32. The molecular formula is C9H5BrN4O4. The number of aromatic carboxylic acids is 1. The van der Waals surface area contributed by atoms with Crippen LogP contribution < -0.4 is 0 Å². The van der Waals surface area contributed by atoms with Gasteiger partial charge in [-0.15, -0.1) is 0 Å². The van der Waals surface area contributed by atoms with Gasteiger partial charge >= 0.3 is 11.7 Å². The maximum absolute atomic E-state index is 10.9. The number of carbonyl (C=O) groups is 1. The van der Waals surface area contributed by atoms with Crippen LogP contribution in [0.15, 0.2) is 29.1 Å². The maximum atomic E-state index is 10.9. The maximum Gasteiger partial charge on any atom is 0.337 e. The first-order chi connectivity index (χ1) is 8.49. The predicted octanol–water partition coefficient (Wildman–Crippen LogP) is 1.64. The number of carboxylic acid groups (broad SMARTS) is 1. The van der Waals surface area contributed by atoms with E-state index in [1.54, 1.807) is 0 Å². The van der Waals surface area contributed by atoms with Crippen molar-refractivity contribution in [2.75, 3.05) is 0 Å². The highest BCUT2D eigenvalue weighted by Gasteiger charge is 2.20. The smallest absolute Gasteiger partial charge is 0.337 e. The summed E-state index contributed by atoms with van der Waals surface area (Å²) in [5.41, 5.74) is -0.679. The Morgan fingerprint density at radius 2 is 2.22 bits per heavy atom. The van der Waals surface area contributed by atoms with Gasteiger partial charge in [0.2, 0.25) is 5.82 Å². The molecule has 0 saturated heterocycles. The summed E-state index contributed by atoms with van der Waals surface area (Å²) in [6.45, 7) is 0. The van der Waals surface area contributed by atoms with Crippen LogP contribution in [-0.4, -0.2) is 30.8 Å². The van der Waals surface area contributed by atoms with Gasteiger partial charge in [-0.3, -0.25) is 10.1 Å². The molecule has 2 aromatic heterocycles. The van der Waals surface area contributed by atoms with E-state index in [-0.39, 0.29) is 11.4 Å². The molecule has 1 N–H and O–H groups in total. The number of hydrogen-bond acceptors (Lipinski definition) is 5. The van der Waals surface area contributed by atoms with Gasteiger partial charge in [-0.1, -0.05) is 0 Å². The minimum absolute atomic E-state index is 0.0456. The van der Waals surface area contributed by atoms with E-state index < -0.39 is 16.6 Å². The second kappa shape index (κ2) is 4.53. The third-order valence-electron chi connectivity index (χ3n) is 2.06. The Balaban J connectivity index is 2.60. The number of carboxylic acids is 1. The number of nitro groups is 1. The summed E-state index contributed by atoms with van der Waals surface area (Å²) in [6, 6.07) is 0.945. The molecule has 0 saturated carbocycles. The van der Waals surface area contributed by atoms with Gasteiger partial charge in [0.15, 0.2) is 0 Å². The van der Waals surface area contributed by atoms with Crippen LogP contribution >= 0.6 is 15.9 Å². The normalized spacial score (nSPS) is 10.3. The average molecular weight is 313 g/mol. The fourth-order valence-corrected chi connectivity index (χ4v) is 1.58. The summed E-state index contributed by atoms with van der Waals surface area (Å²) >= 11 is 3.15. The highest BCUT2D eigenvalue weighted by molar-refractivity contribution is 9.10. The molecule has 0 aliphatic carbocycles. The molecular weight excluding hydrogens is 308 g/mol. The zero-order valence-corrected chi connectivity index (χ0v) is 10.2. The third kappa shape index (κ3) is 2.20. The van der Waals surface area contributed by atoms with E-state index in [0.29, 0.717) is 4.47 Å². The molecule has 18 heavy (non-hydrogen) atoms. The van der Waals surface area contributed by atoms with Crippen molar-refractivity contribution in [3.63, 3.8) is 0 Å². The third-order valence-corrected chi connectivity index (χ3v) is 2.47. The Hall–Kier alpha value is -2.29. The van der Waals surface area contributed by atoms with E-state index in [2.05, 4.69) is 26.0 Å². The highest BCUT2D eigenvalue weighted by atomic mass is 79.9. The van der Waals surface area contributed by atoms with Crippen molar-refractivity contribution in [3.05, 3.63) is 44.8 Å². The van der Waals surface area contributed by atoms with Crippen molar-refractivity contribution in [2.45, 2.75) is 0 Å². The minimum Gasteiger partial charge on any atom is -0.478 e. The van der Waals surface area contributed by atoms with Gasteiger partial charge in [-0.25, -0.2) is 14.5 Å². The van der Waals surface area contributed by atoms with E-state index in [1.807, 2.05) is 0 Å². The largest absolute Gasteiger partial charge is 0.478 e. The van der Waals surface area contributed by atoms with Crippen LogP contribution in [0.3, 0.4) is 0 Å². The summed E-state index contributed by atoms with van der Waals surface area (Å²) in [4.78, 5) is 24.7. The summed E-state index contributed by atoms with van der Waals surface area (Å²) in [5, 5.41) is 23.5. The zero-order valence-electron chi connectivity index (χ0n) is 8.65. The van der Waals surface area contributed by atoms with Crippen LogP contribution in [-0.2, 0) is 0 Å². The number of aromatic nitrogens is 3. The average Bonchev–Trinajstić information content (AvgIpc) is 2.74. The summed E-state index contributed by atoms with van der Waals surface area (Å²) < 4.78 is 1.81. The lowest BCUT2D eigenvalue weighted by molar-refractivity contribution is -0.385. The molecule has 0 amide bonds. The summed E-state index contributed by atoms with van der Waals surface area (Å²) in [6.07, 6.45) is 3.96. The molecule has 0 spiro atoms. The molecule has 92 valence electrons. The molecule has 0 aliphatic heterocycles. The predicted molar refractivity (Wildman–Crippen MR) is 62.7 cm³/mol. The van der Waals surface area contributed by atoms with Crippen molar-refractivity contribution >= 4 is 27.6 Å². The van der Waals surface area contributed by atoms with Gasteiger partial charge in [0.1, 0.15) is 0 Å². The van der Waals surface area contributed by atoms with Gasteiger partial charge < -0.3 is 5.11 Å². The van der Waals surface area contributed by atoms with Crippen LogP contribution in [0.25, 0.3) is 5.82 Å². The minimum atomic E-state index is -1.28. The molecule has 0 fully saturated rings. The van der Waals surface area contributed by atoms with Crippen LogP contribution in [0.2, 0.25) is 0 Å². The number of halogens is 1. The second-order valence-electron chi connectivity index (χ2n) is 3.23. The lowest BCUT2D eigenvalue weighted by Gasteiger charge is -2.02.